The molecule has 1 fully saturated rings. The number of amides is 2. The van der Waals surface area contributed by atoms with Crippen molar-refractivity contribution in [3.63, 3.8) is 0 Å². The van der Waals surface area contributed by atoms with E-state index in [4.69, 9.17) is 4.74 Å². The molecule has 1 saturated carbocycles. The van der Waals surface area contributed by atoms with Gasteiger partial charge in [0.15, 0.2) is 5.13 Å². The number of aromatic nitrogens is 2. The van der Waals surface area contributed by atoms with Gasteiger partial charge in [-0.2, -0.15) is 0 Å². The summed E-state index contributed by atoms with van der Waals surface area (Å²) in [6.45, 7) is 17.8. The van der Waals surface area contributed by atoms with Crippen LogP contribution in [0.1, 0.15) is 102 Å². The Labute approximate surface area is 270 Å². The van der Waals surface area contributed by atoms with E-state index in [1.165, 1.54) is 43.4 Å². The van der Waals surface area contributed by atoms with Gasteiger partial charge in [-0.3, -0.25) is 9.59 Å². The molecule has 1 aromatic carbocycles. The minimum absolute atomic E-state index is 0.275. The molecular weight excluding hydrogens is 567 g/mol. The van der Waals surface area contributed by atoms with Crippen LogP contribution in [-0.4, -0.2) is 47.4 Å². The van der Waals surface area contributed by atoms with Crippen LogP contribution in [0.5, 0.6) is 0 Å². The van der Waals surface area contributed by atoms with E-state index in [1.54, 1.807) is 22.9 Å². The minimum atomic E-state index is -0.632. The summed E-state index contributed by atoms with van der Waals surface area (Å²) in [6, 6.07) is 9.13. The lowest BCUT2D eigenvalue weighted by molar-refractivity contribution is -0.118. The van der Waals surface area contributed by atoms with E-state index in [9.17, 15) is 9.59 Å². The van der Waals surface area contributed by atoms with Crippen molar-refractivity contribution in [2.75, 3.05) is 11.9 Å². The highest BCUT2D eigenvalue weighted by molar-refractivity contribution is 7.14. The quantitative estimate of drug-likeness (QED) is 0.187. The van der Waals surface area contributed by atoms with E-state index < -0.39 is 6.04 Å². The van der Waals surface area contributed by atoms with Gasteiger partial charge in [0.1, 0.15) is 6.04 Å². The van der Waals surface area contributed by atoms with Crippen LogP contribution >= 0.6 is 11.3 Å². The second-order valence-corrected chi connectivity index (χ2v) is 12.7. The molecule has 4 rings (SSSR count). The van der Waals surface area contributed by atoms with E-state index in [-0.39, 0.29) is 11.8 Å². The average molecular weight is 622 g/mol. The van der Waals surface area contributed by atoms with Crippen LogP contribution in [0.4, 0.5) is 5.13 Å². The van der Waals surface area contributed by atoms with Crippen molar-refractivity contribution in [3.05, 3.63) is 59.2 Å². The van der Waals surface area contributed by atoms with E-state index >= 15 is 0 Å². The molecule has 3 unspecified atom stereocenters. The molecule has 2 heterocycles. The lowest BCUT2D eigenvalue weighted by Gasteiger charge is -2.18. The van der Waals surface area contributed by atoms with Gasteiger partial charge in [-0.05, 0) is 63.3 Å². The molecule has 1 radical (unpaired) electrons. The second kappa shape index (κ2) is 20.2. The fourth-order valence-corrected chi connectivity index (χ4v) is 4.89. The number of anilines is 1. The summed E-state index contributed by atoms with van der Waals surface area (Å²) < 4.78 is 7.35. The SMILES string of the molecule is CC1CCC1.CCC(C)CCOC(C)CC.C[B]n1ccc(C(=O)NC(CC)C(=O)Nc2nc(-c3cccc(C)c3)cs2)c1. The molecule has 3 atom stereocenters. The van der Waals surface area contributed by atoms with E-state index in [1.807, 2.05) is 51.7 Å². The molecule has 9 heteroatoms. The highest BCUT2D eigenvalue weighted by atomic mass is 32.1. The zero-order chi connectivity index (χ0) is 32.5. The van der Waals surface area contributed by atoms with Crippen molar-refractivity contribution in [1.82, 2.24) is 14.8 Å². The maximum Gasteiger partial charge on any atom is 0.253 e. The van der Waals surface area contributed by atoms with Crippen molar-refractivity contribution in [1.29, 1.82) is 0 Å². The third-order valence-corrected chi connectivity index (χ3v) is 8.79. The normalized spacial score (nSPS) is 14.5. The molecule has 0 saturated heterocycles. The van der Waals surface area contributed by atoms with Gasteiger partial charge in [0.25, 0.3) is 5.91 Å². The van der Waals surface area contributed by atoms with Gasteiger partial charge < -0.3 is 19.8 Å². The van der Waals surface area contributed by atoms with Gasteiger partial charge in [-0.15, -0.1) is 11.3 Å². The molecule has 241 valence electrons. The number of ether oxygens (including phenoxy) is 1. The number of rotatable bonds is 13. The zero-order valence-electron chi connectivity index (χ0n) is 28.2. The summed E-state index contributed by atoms with van der Waals surface area (Å²) in [5.74, 6) is 1.33. The van der Waals surface area contributed by atoms with Crippen molar-refractivity contribution in [3.8, 4) is 11.3 Å². The Morgan fingerprint density at radius 1 is 1.14 bits per heavy atom. The number of carbonyl (C=O) groups is 2. The number of nitrogens with one attached hydrogen (secondary N) is 2. The Kier molecular flexibility index (Phi) is 17.1. The maximum atomic E-state index is 12.6. The van der Waals surface area contributed by atoms with Gasteiger partial charge in [0.2, 0.25) is 13.3 Å². The first-order valence-electron chi connectivity index (χ1n) is 16.3. The summed E-state index contributed by atoms with van der Waals surface area (Å²) in [6.07, 6.45) is 12.5. The number of carbonyl (C=O) groups excluding carboxylic acids is 2. The highest BCUT2D eigenvalue weighted by Crippen LogP contribution is 2.26. The van der Waals surface area contributed by atoms with Crippen LogP contribution in [0.25, 0.3) is 11.3 Å². The predicted molar refractivity (Wildman–Crippen MR) is 187 cm³/mol. The van der Waals surface area contributed by atoms with Crippen molar-refractivity contribution < 1.29 is 14.3 Å². The minimum Gasteiger partial charge on any atom is -0.402 e. The Hall–Kier alpha value is -2.91. The van der Waals surface area contributed by atoms with Crippen LogP contribution in [0.2, 0.25) is 6.82 Å². The van der Waals surface area contributed by atoms with Crippen LogP contribution < -0.4 is 10.6 Å². The van der Waals surface area contributed by atoms with E-state index in [0.29, 0.717) is 23.2 Å². The summed E-state index contributed by atoms with van der Waals surface area (Å²) in [5.41, 5.74) is 3.49. The summed E-state index contributed by atoms with van der Waals surface area (Å²) in [7, 11) is 1.84. The largest absolute Gasteiger partial charge is 0.402 e. The van der Waals surface area contributed by atoms with Crippen LogP contribution in [0.15, 0.2) is 48.1 Å². The molecule has 2 N–H and O–H groups in total. The van der Waals surface area contributed by atoms with Crippen molar-refractivity contribution >= 4 is 35.7 Å². The lowest BCUT2D eigenvalue weighted by Crippen LogP contribution is -2.43. The number of benzene rings is 1. The fourth-order valence-electron chi connectivity index (χ4n) is 4.17. The molecule has 7 nitrogen and oxygen atoms in total. The molecular formula is C35H54BN4O3S. The number of hydrogen-bond acceptors (Lipinski definition) is 5. The third-order valence-electron chi connectivity index (χ3n) is 8.03. The molecule has 2 amide bonds. The van der Waals surface area contributed by atoms with E-state index in [0.717, 1.165) is 41.7 Å². The first-order valence-corrected chi connectivity index (χ1v) is 17.2. The highest BCUT2D eigenvalue weighted by Gasteiger charge is 2.21. The smallest absolute Gasteiger partial charge is 0.253 e. The number of hydrogen-bond donors (Lipinski definition) is 2. The molecule has 0 bridgehead atoms. The Bertz CT molecular complexity index is 1250. The van der Waals surface area contributed by atoms with Crippen LogP contribution in [0, 0.1) is 18.8 Å². The number of thiazole rings is 1. The average Bonchev–Trinajstić information content (AvgIpc) is 3.69. The van der Waals surface area contributed by atoms with E-state index in [2.05, 4.69) is 56.3 Å². The Balaban J connectivity index is 0.000000346. The fraction of sp³-hybridized carbons (Fsp3) is 0.571. The van der Waals surface area contributed by atoms with Crippen LogP contribution in [0.3, 0.4) is 0 Å². The van der Waals surface area contributed by atoms with Crippen molar-refractivity contribution in [2.24, 2.45) is 11.8 Å². The zero-order valence-corrected chi connectivity index (χ0v) is 29.0. The Morgan fingerprint density at radius 2 is 1.86 bits per heavy atom. The van der Waals surface area contributed by atoms with Gasteiger partial charge in [0.05, 0.1) is 17.4 Å². The lowest BCUT2D eigenvalue weighted by atomic mass is 9.88. The summed E-state index contributed by atoms with van der Waals surface area (Å²) in [4.78, 5) is 29.5. The van der Waals surface area contributed by atoms with Gasteiger partial charge in [-0.25, -0.2) is 4.98 Å². The first kappa shape index (κ1) is 37.3. The molecule has 1 aliphatic rings. The molecule has 2 aromatic heterocycles. The summed E-state index contributed by atoms with van der Waals surface area (Å²) >= 11 is 1.36. The van der Waals surface area contributed by atoms with Gasteiger partial charge >= 0.3 is 0 Å². The van der Waals surface area contributed by atoms with Crippen LogP contribution in [-0.2, 0) is 9.53 Å². The predicted octanol–water partition coefficient (Wildman–Crippen LogP) is 8.63. The molecule has 0 aliphatic heterocycles. The molecule has 1 aliphatic carbocycles. The topological polar surface area (TPSA) is 85.2 Å². The first-order chi connectivity index (χ1) is 21.1. The summed E-state index contributed by atoms with van der Waals surface area (Å²) in [5, 5.41) is 8.02. The second-order valence-electron chi connectivity index (χ2n) is 11.9. The number of nitrogens with zero attached hydrogens (tertiary/aromatic N) is 2. The molecule has 3 aromatic rings. The van der Waals surface area contributed by atoms with Crippen molar-refractivity contribution in [2.45, 2.75) is 112 Å². The third kappa shape index (κ3) is 13.4. The molecule has 44 heavy (non-hydrogen) atoms. The Morgan fingerprint density at radius 3 is 2.41 bits per heavy atom. The van der Waals surface area contributed by atoms with Gasteiger partial charge in [0, 0.05) is 23.7 Å². The van der Waals surface area contributed by atoms with Gasteiger partial charge in [-0.1, -0.05) is 90.9 Å². The molecule has 0 spiro atoms. The maximum absolute atomic E-state index is 12.6. The standard InChI is InChI=1S/C20H22BN4O2S.C10H22O.C5H10/c1-4-16(22-18(26)15-8-9-25(11-15)21-3)19(27)24-20-23-17(12-28-20)14-7-5-6-13(2)10-14;1-5-9(3)7-8-11-10(4)6-2;1-5-3-2-4-5/h5-12,16H,4H2,1-3H3,(H,22,26)(H,23,24,27);9-10H,5-8H2,1-4H3;5H,2-4H2,1H3. The monoisotopic (exact) mass is 621 g/mol. The number of aryl methyl sites for hydroxylation is 1.